The number of nitrogens with one attached hydrogen (secondary N) is 2. The number of rotatable bonds is 12. The van der Waals surface area contributed by atoms with Gasteiger partial charge in [-0.15, -0.1) is 0 Å². The fraction of sp³-hybridized carbons (Fsp3) is 0.895. The number of carbonyl (C=O) groups is 2. The molecule has 2 amide bonds. The van der Waals surface area contributed by atoms with Gasteiger partial charge >= 0.3 is 0 Å². The molecule has 0 bridgehead atoms. The third-order valence-corrected chi connectivity index (χ3v) is 4.96. The van der Waals surface area contributed by atoms with Crippen molar-refractivity contribution in [2.24, 2.45) is 0 Å². The number of hydrogen-bond donors (Lipinski definition) is 2. The molecule has 0 aromatic heterocycles. The van der Waals surface area contributed by atoms with Crippen LogP contribution in [0.1, 0.15) is 32.1 Å². The van der Waals surface area contributed by atoms with E-state index in [1.165, 1.54) is 0 Å². The molecule has 2 rings (SSSR count). The zero-order valence-corrected chi connectivity index (χ0v) is 16.5. The van der Waals surface area contributed by atoms with Crippen LogP contribution in [0.15, 0.2) is 0 Å². The van der Waals surface area contributed by atoms with Gasteiger partial charge in [-0.3, -0.25) is 19.4 Å². The first-order valence-electron chi connectivity index (χ1n) is 10.4. The summed E-state index contributed by atoms with van der Waals surface area (Å²) >= 11 is 0. The van der Waals surface area contributed by atoms with Crippen LogP contribution in [-0.4, -0.2) is 100 Å². The molecule has 0 radical (unpaired) electrons. The van der Waals surface area contributed by atoms with Gasteiger partial charge in [-0.2, -0.15) is 0 Å². The van der Waals surface area contributed by atoms with Crippen molar-refractivity contribution in [3.63, 3.8) is 0 Å². The Hall–Kier alpha value is -1.22. The predicted octanol–water partition coefficient (Wildman–Crippen LogP) is -0.166. The second-order valence-corrected chi connectivity index (χ2v) is 7.17. The molecule has 0 atom stereocenters. The summed E-state index contributed by atoms with van der Waals surface area (Å²) in [6.45, 7) is 10.5. The summed E-state index contributed by atoms with van der Waals surface area (Å²) in [4.78, 5) is 28.4. The Balaban J connectivity index is 1.37. The minimum absolute atomic E-state index is 0.0390. The van der Waals surface area contributed by atoms with Crippen molar-refractivity contribution in [2.75, 3.05) is 78.8 Å². The smallest absolute Gasteiger partial charge is 0.220 e. The van der Waals surface area contributed by atoms with Gasteiger partial charge < -0.3 is 20.1 Å². The average molecular weight is 385 g/mol. The fourth-order valence-electron chi connectivity index (χ4n) is 3.30. The SMILES string of the molecule is O=C(CCCC(=O)NCCCN1CCOCC1)NCCCN1CCOCC1. The first-order valence-corrected chi connectivity index (χ1v) is 10.4. The number of nitrogens with zero attached hydrogens (tertiary/aromatic N) is 2. The molecular weight excluding hydrogens is 348 g/mol. The van der Waals surface area contributed by atoms with Crippen LogP contribution in [0.4, 0.5) is 0 Å². The molecule has 2 aliphatic rings. The Morgan fingerprint density at radius 1 is 0.667 bits per heavy atom. The average Bonchev–Trinajstić information content (AvgIpc) is 2.70. The number of ether oxygens (including phenoxy) is 2. The molecule has 8 nitrogen and oxygen atoms in total. The molecule has 2 N–H and O–H groups in total. The van der Waals surface area contributed by atoms with Crippen molar-refractivity contribution in [1.29, 1.82) is 0 Å². The van der Waals surface area contributed by atoms with E-state index in [4.69, 9.17) is 9.47 Å². The summed E-state index contributed by atoms with van der Waals surface area (Å²) in [7, 11) is 0. The molecule has 2 heterocycles. The zero-order valence-electron chi connectivity index (χ0n) is 16.5. The molecule has 0 aromatic carbocycles. The predicted molar refractivity (Wildman–Crippen MR) is 104 cm³/mol. The van der Waals surface area contributed by atoms with Gasteiger partial charge in [0.15, 0.2) is 0 Å². The van der Waals surface area contributed by atoms with E-state index in [0.29, 0.717) is 32.4 Å². The van der Waals surface area contributed by atoms with Crippen LogP contribution < -0.4 is 10.6 Å². The second-order valence-electron chi connectivity index (χ2n) is 7.17. The summed E-state index contributed by atoms with van der Waals surface area (Å²) in [6, 6.07) is 0. The van der Waals surface area contributed by atoms with Gasteiger partial charge in [0.05, 0.1) is 26.4 Å². The van der Waals surface area contributed by atoms with E-state index in [-0.39, 0.29) is 11.8 Å². The fourth-order valence-corrected chi connectivity index (χ4v) is 3.30. The summed E-state index contributed by atoms with van der Waals surface area (Å²) in [6.07, 6.45) is 3.34. The van der Waals surface area contributed by atoms with E-state index in [9.17, 15) is 9.59 Å². The summed E-state index contributed by atoms with van der Waals surface area (Å²) in [5.74, 6) is 0.0780. The van der Waals surface area contributed by atoms with Crippen molar-refractivity contribution in [1.82, 2.24) is 20.4 Å². The highest BCUT2D eigenvalue weighted by Crippen LogP contribution is 2.00. The van der Waals surface area contributed by atoms with Crippen LogP contribution in [0, 0.1) is 0 Å². The minimum atomic E-state index is 0.0390. The first kappa shape index (κ1) is 22.1. The van der Waals surface area contributed by atoms with Crippen LogP contribution in [0.25, 0.3) is 0 Å². The Morgan fingerprint density at radius 2 is 1.07 bits per heavy atom. The van der Waals surface area contributed by atoms with Gasteiger partial charge in [0.2, 0.25) is 11.8 Å². The quantitative estimate of drug-likeness (QED) is 0.455. The molecule has 0 aromatic rings. The van der Waals surface area contributed by atoms with E-state index >= 15 is 0 Å². The van der Waals surface area contributed by atoms with Crippen LogP contribution >= 0.6 is 0 Å². The topological polar surface area (TPSA) is 83.1 Å². The summed E-state index contributed by atoms with van der Waals surface area (Å²) < 4.78 is 10.6. The molecule has 0 saturated carbocycles. The third-order valence-electron chi connectivity index (χ3n) is 4.96. The van der Waals surface area contributed by atoms with Crippen LogP contribution in [0.3, 0.4) is 0 Å². The van der Waals surface area contributed by atoms with E-state index in [0.717, 1.165) is 78.5 Å². The number of morpholine rings is 2. The molecule has 0 aliphatic carbocycles. The Bertz CT molecular complexity index is 386. The summed E-state index contributed by atoms with van der Waals surface area (Å²) in [5, 5.41) is 5.88. The van der Waals surface area contributed by atoms with E-state index in [1.807, 2.05) is 0 Å². The van der Waals surface area contributed by atoms with Crippen molar-refractivity contribution in [3.8, 4) is 0 Å². The Morgan fingerprint density at radius 3 is 1.48 bits per heavy atom. The van der Waals surface area contributed by atoms with Crippen molar-refractivity contribution in [2.45, 2.75) is 32.1 Å². The monoisotopic (exact) mass is 384 g/mol. The first-order chi connectivity index (χ1) is 13.2. The standard InChI is InChI=1S/C19H36N4O4/c24-18(20-6-2-8-22-10-14-26-15-11-22)4-1-5-19(25)21-7-3-9-23-12-16-27-17-13-23/h1-17H2,(H,20,24)(H,21,25). The molecule has 8 heteroatoms. The number of amides is 2. The lowest BCUT2D eigenvalue weighted by atomic mass is 10.2. The lowest BCUT2D eigenvalue weighted by molar-refractivity contribution is -0.122. The van der Waals surface area contributed by atoms with Gasteiger partial charge in [0.25, 0.3) is 0 Å². The van der Waals surface area contributed by atoms with E-state index < -0.39 is 0 Å². The highest BCUT2D eigenvalue weighted by molar-refractivity contribution is 5.78. The van der Waals surface area contributed by atoms with Crippen LogP contribution in [0.5, 0.6) is 0 Å². The van der Waals surface area contributed by atoms with E-state index in [2.05, 4.69) is 20.4 Å². The number of carbonyl (C=O) groups excluding carboxylic acids is 2. The minimum Gasteiger partial charge on any atom is -0.379 e. The zero-order chi connectivity index (χ0) is 19.2. The van der Waals surface area contributed by atoms with Gasteiger partial charge in [0, 0.05) is 52.1 Å². The Labute approximate surface area is 162 Å². The molecule has 27 heavy (non-hydrogen) atoms. The molecule has 0 spiro atoms. The van der Waals surface area contributed by atoms with Crippen molar-refractivity contribution < 1.29 is 19.1 Å². The van der Waals surface area contributed by atoms with Gasteiger partial charge in [-0.1, -0.05) is 0 Å². The van der Waals surface area contributed by atoms with Crippen molar-refractivity contribution >= 4 is 11.8 Å². The highest BCUT2D eigenvalue weighted by atomic mass is 16.5. The lowest BCUT2D eigenvalue weighted by Gasteiger charge is -2.26. The van der Waals surface area contributed by atoms with Crippen LogP contribution in [-0.2, 0) is 19.1 Å². The van der Waals surface area contributed by atoms with Gasteiger partial charge in [0.1, 0.15) is 0 Å². The molecular formula is C19H36N4O4. The maximum atomic E-state index is 11.8. The third kappa shape index (κ3) is 10.6. The molecule has 156 valence electrons. The Kier molecular flexibility index (Phi) is 11.3. The van der Waals surface area contributed by atoms with Gasteiger partial charge in [-0.25, -0.2) is 0 Å². The molecule has 2 aliphatic heterocycles. The van der Waals surface area contributed by atoms with Gasteiger partial charge in [-0.05, 0) is 32.4 Å². The maximum absolute atomic E-state index is 11.8. The lowest BCUT2D eigenvalue weighted by Crippen LogP contribution is -2.38. The second kappa shape index (κ2) is 13.9. The highest BCUT2D eigenvalue weighted by Gasteiger charge is 2.11. The summed E-state index contributed by atoms with van der Waals surface area (Å²) in [5.41, 5.74) is 0. The largest absolute Gasteiger partial charge is 0.379 e. The molecule has 2 fully saturated rings. The van der Waals surface area contributed by atoms with E-state index in [1.54, 1.807) is 0 Å². The van der Waals surface area contributed by atoms with Crippen molar-refractivity contribution in [3.05, 3.63) is 0 Å². The van der Waals surface area contributed by atoms with Crippen LogP contribution in [0.2, 0.25) is 0 Å². The number of hydrogen-bond acceptors (Lipinski definition) is 6. The molecule has 2 saturated heterocycles. The normalized spacial score (nSPS) is 19.0. The maximum Gasteiger partial charge on any atom is 0.220 e. The molecule has 0 unspecified atom stereocenters.